The molecule has 2 heterocycles. The number of rotatable bonds is 4. The number of aliphatic carboxylic acids is 1. The van der Waals surface area contributed by atoms with Crippen molar-refractivity contribution in [1.29, 1.82) is 0 Å². The summed E-state index contributed by atoms with van der Waals surface area (Å²) in [5.74, 6) is -2.87. The molecule has 10 nitrogen and oxygen atoms in total. The maximum atomic E-state index is 12.2. The lowest BCUT2D eigenvalue weighted by Gasteiger charge is -2.29. The summed E-state index contributed by atoms with van der Waals surface area (Å²) in [6.45, 7) is 3.20. The fraction of sp³-hybridized carbons (Fsp3) is 0.211. The standard InChI is InChI=1S/C16H16N2O6.C3H4N2/c1-8-12(15(19)20)14(13(9(2)17-8)16(21)24-3)10-5-4-6-11(7-10)18(22)23;1-2-5-3-4-1/h4-7,14,17H,1-3H3,(H,19,20);1-3H,(H,4,5). The first-order chi connectivity index (χ1) is 13.8. The summed E-state index contributed by atoms with van der Waals surface area (Å²) in [5, 5.41) is 23.4. The van der Waals surface area contributed by atoms with Gasteiger partial charge < -0.3 is 20.1 Å². The predicted molar refractivity (Wildman–Crippen MR) is 103 cm³/mol. The minimum atomic E-state index is -1.22. The molecule has 2 aromatic rings. The number of carbonyl (C=O) groups is 2. The van der Waals surface area contributed by atoms with Gasteiger partial charge in [0.05, 0.1) is 35.4 Å². The number of nitro groups is 1. The van der Waals surface area contributed by atoms with Crippen molar-refractivity contribution in [2.75, 3.05) is 7.11 Å². The first-order valence-corrected chi connectivity index (χ1v) is 8.45. The predicted octanol–water partition coefficient (Wildman–Crippen LogP) is 2.50. The van der Waals surface area contributed by atoms with E-state index in [1.807, 2.05) is 0 Å². The van der Waals surface area contributed by atoms with Crippen molar-refractivity contribution in [3.63, 3.8) is 0 Å². The van der Waals surface area contributed by atoms with Gasteiger partial charge in [-0.3, -0.25) is 10.1 Å². The maximum absolute atomic E-state index is 12.2. The monoisotopic (exact) mass is 400 g/mol. The molecule has 1 unspecified atom stereocenters. The zero-order valence-electron chi connectivity index (χ0n) is 16.0. The van der Waals surface area contributed by atoms with Crippen molar-refractivity contribution < 1.29 is 24.4 Å². The Bertz CT molecular complexity index is 961. The summed E-state index contributed by atoms with van der Waals surface area (Å²) >= 11 is 0. The molecule has 0 spiro atoms. The lowest BCUT2D eigenvalue weighted by molar-refractivity contribution is -0.384. The Morgan fingerprint density at radius 2 is 1.93 bits per heavy atom. The van der Waals surface area contributed by atoms with Gasteiger partial charge in [0.1, 0.15) is 0 Å². The molecule has 1 aliphatic rings. The van der Waals surface area contributed by atoms with E-state index in [0.717, 1.165) is 0 Å². The van der Waals surface area contributed by atoms with Gasteiger partial charge in [-0.15, -0.1) is 0 Å². The second kappa shape index (κ2) is 9.31. The summed E-state index contributed by atoms with van der Waals surface area (Å²) in [5.41, 5.74) is 1.02. The molecule has 0 radical (unpaired) electrons. The lowest BCUT2D eigenvalue weighted by Crippen LogP contribution is -2.31. The van der Waals surface area contributed by atoms with Crippen LogP contribution in [-0.2, 0) is 14.3 Å². The van der Waals surface area contributed by atoms with Crippen LogP contribution in [0.1, 0.15) is 25.3 Å². The molecule has 0 saturated heterocycles. The number of H-pyrrole nitrogens is 1. The zero-order valence-corrected chi connectivity index (χ0v) is 16.0. The highest BCUT2D eigenvalue weighted by atomic mass is 16.6. The number of ether oxygens (including phenoxy) is 1. The normalized spacial score (nSPS) is 15.8. The molecule has 3 N–H and O–H groups in total. The summed E-state index contributed by atoms with van der Waals surface area (Å²) < 4.78 is 4.77. The molecular formula is C19H20N4O6. The van der Waals surface area contributed by atoms with E-state index in [-0.39, 0.29) is 16.8 Å². The Morgan fingerprint density at radius 1 is 1.24 bits per heavy atom. The van der Waals surface area contributed by atoms with Crippen LogP contribution in [0, 0.1) is 10.1 Å². The van der Waals surface area contributed by atoms with Crippen LogP contribution >= 0.6 is 0 Å². The van der Waals surface area contributed by atoms with E-state index in [4.69, 9.17) is 4.74 Å². The van der Waals surface area contributed by atoms with Gasteiger partial charge in [0, 0.05) is 35.9 Å². The summed E-state index contributed by atoms with van der Waals surface area (Å²) in [7, 11) is 1.19. The van der Waals surface area contributed by atoms with Crippen molar-refractivity contribution >= 4 is 17.6 Å². The number of methoxy groups -OCH3 is 1. The number of dihydropyridines is 1. The number of aromatic nitrogens is 2. The van der Waals surface area contributed by atoms with Gasteiger partial charge in [-0.1, -0.05) is 12.1 Å². The number of nitrogens with zero attached hydrogens (tertiary/aromatic N) is 2. The van der Waals surface area contributed by atoms with Gasteiger partial charge >= 0.3 is 11.9 Å². The summed E-state index contributed by atoms with van der Waals surface area (Å²) in [6, 6.07) is 5.57. The number of imidazole rings is 1. The molecule has 0 bridgehead atoms. The minimum Gasteiger partial charge on any atom is -0.478 e. The molecule has 1 aromatic heterocycles. The maximum Gasteiger partial charge on any atom is 0.336 e. The van der Waals surface area contributed by atoms with Gasteiger partial charge in [-0.2, -0.15) is 0 Å². The molecule has 152 valence electrons. The molecule has 0 aliphatic carbocycles. The zero-order chi connectivity index (χ0) is 21.6. The molecule has 10 heteroatoms. The van der Waals surface area contributed by atoms with E-state index in [1.165, 1.54) is 25.3 Å². The number of hydrogen-bond acceptors (Lipinski definition) is 7. The van der Waals surface area contributed by atoms with Crippen molar-refractivity contribution in [3.8, 4) is 0 Å². The molecule has 0 amide bonds. The molecule has 3 rings (SSSR count). The number of nitrogens with one attached hydrogen (secondary N) is 2. The number of benzene rings is 1. The number of esters is 1. The number of aromatic amines is 1. The molecule has 0 saturated carbocycles. The highest BCUT2D eigenvalue weighted by Crippen LogP contribution is 2.39. The highest BCUT2D eigenvalue weighted by molar-refractivity contribution is 5.99. The molecular weight excluding hydrogens is 380 g/mol. The van der Waals surface area contributed by atoms with E-state index in [9.17, 15) is 24.8 Å². The number of nitro benzene ring substituents is 1. The van der Waals surface area contributed by atoms with Gasteiger partial charge in [-0.25, -0.2) is 14.6 Å². The summed E-state index contributed by atoms with van der Waals surface area (Å²) in [4.78, 5) is 40.8. The van der Waals surface area contributed by atoms with Crippen molar-refractivity contribution in [3.05, 3.63) is 81.2 Å². The van der Waals surface area contributed by atoms with Crippen molar-refractivity contribution in [1.82, 2.24) is 15.3 Å². The molecule has 1 aliphatic heterocycles. The van der Waals surface area contributed by atoms with Crippen LogP contribution in [0.25, 0.3) is 0 Å². The van der Waals surface area contributed by atoms with E-state index >= 15 is 0 Å². The average molecular weight is 400 g/mol. The largest absolute Gasteiger partial charge is 0.478 e. The van der Waals surface area contributed by atoms with Crippen LogP contribution < -0.4 is 5.32 Å². The van der Waals surface area contributed by atoms with E-state index in [2.05, 4.69) is 15.3 Å². The fourth-order valence-electron chi connectivity index (χ4n) is 3.02. The first kappa shape index (κ1) is 21.4. The molecule has 1 aromatic carbocycles. The van der Waals surface area contributed by atoms with Crippen LogP contribution in [0.2, 0.25) is 0 Å². The Morgan fingerprint density at radius 3 is 2.41 bits per heavy atom. The second-order valence-corrected chi connectivity index (χ2v) is 6.04. The van der Waals surface area contributed by atoms with Gasteiger partial charge in [-0.05, 0) is 19.4 Å². The highest BCUT2D eigenvalue weighted by Gasteiger charge is 2.37. The number of non-ortho nitro benzene ring substituents is 1. The number of carbonyl (C=O) groups excluding carboxylic acids is 1. The van der Waals surface area contributed by atoms with E-state index in [0.29, 0.717) is 17.0 Å². The van der Waals surface area contributed by atoms with Crippen LogP contribution in [0.4, 0.5) is 5.69 Å². The number of allylic oxidation sites excluding steroid dienone is 2. The van der Waals surface area contributed by atoms with E-state index < -0.39 is 22.8 Å². The second-order valence-electron chi connectivity index (χ2n) is 6.04. The Balaban J connectivity index is 0.000000521. The van der Waals surface area contributed by atoms with Gasteiger partial charge in [0.2, 0.25) is 0 Å². The SMILES string of the molecule is COC(=O)C1=C(C)NC(C)=C(C(=O)O)C1c1cccc([N+](=O)[O-])c1.c1c[nH]cn1. The number of carboxylic acids is 1. The van der Waals surface area contributed by atoms with Crippen LogP contribution in [0.3, 0.4) is 0 Å². The van der Waals surface area contributed by atoms with Crippen molar-refractivity contribution in [2.24, 2.45) is 0 Å². The van der Waals surface area contributed by atoms with Crippen LogP contribution in [0.15, 0.2) is 65.5 Å². The van der Waals surface area contributed by atoms with Gasteiger partial charge in [0.25, 0.3) is 5.69 Å². The van der Waals surface area contributed by atoms with E-state index in [1.54, 1.807) is 38.6 Å². The smallest absolute Gasteiger partial charge is 0.336 e. The molecule has 0 fully saturated rings. The quantitative estimate of drug-likeness (QED) is 0.403. The molecule has 1 atom stereocenters. The molecule has 29 heavy (non-hydrogen) atoms. The van der Waals surface area contributed by atoms with Crippen LogP contribution in [-0.4, -0.2) is 39.0 Å². The van der Waals surface area contributed by atoms with Crippen LogP contribution in [0.5, 0.6) is 0 Å². The van der Waals surface area contributed by atoms with Crippen molar-refractivity contribution in [2.45, 2.75) is 19.8 Å². The first-order valence-electron chi connectivity index (χ1n) is 8.45. The third-order valence-electron chi connectivity index (χ3n) is 4.22. The Kier molecular flexibility index (Phi) is 6.85. The number of hydrogen-bond donors (Lipinski definition) is 3. The number of carboxylic acid groups (broad SMARTS) is 1. The fourth-order valence-corrected chi connectivity index (χ4v) is 3.02. The van der Waals surface area contributed by atoms with Gasteiger partial charge in [0.15, 0.2) is 0 Å². The minimum absolute atomic E-state index is 0.0542. The lowest BCUT2D eigenvalue weighted by atomic mass is 9.80. The topological polar surface area (TPSA) is 147 Å². The summed E-state index contributed by atoms with van der Waals surface area (Å²) in [6.07, 6.45) is 5.08. The third kappa shape index (κ3) is 4.86. The Labute approximate surface area is 166 Å². The average Bonchev–Trinajstić information content (AvgIpc) is 3.26. The third-order valence-corrected chi connectivity index (χ3v) is 4.22. The Hall–Kier alpha value is -3.95.